The Morgan fingerprint density at radius 2 is 2.04 bits per heavy atom. The Morgan fingerprint density at radius 1 is 1.16 bits per heavy atom. The monoisotopic (exact) mass is 337 g/mol. The van der Waals surface area contributed by atoms with Gasteiger partial charge in [-0.1, -0.05) is 18.2 Å². The average Bonchev–Trinajstić information content (AvgIpc) is 3.26. The zero-order chi connectivity index (χ0) is 17.0. The molecule has 0 aromatic heterocycles. The maximum Gasteiger partial charge on any atom is 0.337 e. The molecule has 0 saturated heterocycles. The van der Waals surface area contributed by atoms with Crippen molar-refractivity contribution in [2.75, 3.05) is 25.8 Å². The molecule has 1 unspecified atom stereocenters. The van der Waals surface area contributed by atoms with Gasteiger partial charge in [0.1, 0.15) is 6.61 Å². The number of fused-ring (bicyclic) bond motifs is 2. The van der Waals surface area contributed by atoms with E-state index in [2.05, 4.69) is 5.32 Å². The van der Waals surface area contributed by atoms with E-state index >= 15 is 0 Å². The van der Waals surface area contributed by atoms with Crippen LogP contribution < -0.4 is 19.5 Å². The highest BCUT2D eigenvalue weighted by atomic mass is 16.7. The Bertz CT molecular complexity index is 933. The number of carbonyl (C=O) groups excluding carboxylic acids is 1. The first kappa shape index (κ1) is 14.2. The number of methoxy groups -OCH3 is 1. The standard InChI is InChI=1S/C19H15NO5/c1-22-14-6-10(7-15-18(14)25-9-24-15)16-11-4-2-3-5-12(11)20-13-8-23-19(21)17(13)16/h2-7,16,20H,8-9H2,1H3. The molecule has 0 fully saturated rings. The highest BCUT2D eigenvalue weighted by Crippen LogP contribution is 2.49. The minimum absolute atomic E-state index is 0.161. The van der Waals surface area contributed by atoms with E-state index in [1.807, 2.05) is 36.4 Å². The molecule has 0 radical (unpaired) electrons. The Hall–Kier alpha value is -3.15. The van der Waals surface area contributed by atoms with E-state index in [9.17, 15) is 4.79 Å². The topological polar surface area (TPSA) is 66.0 Å². The lowest BCUT2D eigenvalue weighted by atomic mass is 9.81. The molecule has 6 heteroatoms. The van der Waals surface area contributed by atoms with E-state index < -0.39 is 0 Å². The van der Waals surface area contributed by atoms with Gasteiger partial charge in [0.25, 0.3) is 0 Å². The van der Waals surface area contributed by atoms with Crippen molar-refractivity contribution < 1.29 is 23.7 Å². The highest BCUT2D eigenvalue weighted by molar-refractivity contribution is 5.97. The van der Waals surface area contributed by atoms with Gasteiger partial charge in [-0.15, -0.1) is 0 Å². The number of hydrogen-bond acceptors (Lipinski definition) is 6. The van der Waals surface area contributed by atoms with Crippen LogP contribution >= 0.6 is 0 Å². The fourth-order valence-electron chi connectivity index (χ4n) is 3.66. The third kappa shape index (κ3) is 2.00. The van der Waals surface area contributed by atoms with Gasteiger partial charge in [-0.05, 0) is 29.3 Å². The zero-order valence-corrected chi connectivity index (χ0v) is 13.5. The molecule has 126 valence electrons. The summed E-state index contributed by atoms with van der Waals surface area (Å²) in [7, 11) is 1.59. The van der Waals surface area contributed by atoms with Crippen LogP contribution in [-0.2, 0) is 9.53 Å². The van der Waals surface area contributed by atoms with Crippen LogP contribution in [0.3, 0.4) is 0 Å². The van der Waals surface area contributed by atoms with Crippen molar-refractivity contribution in [2.45, 2.75) is 5.92 Å². The molecule has 1 atom stereocenters. The van der Waals surface area contributed by atoms with Gasteiger partial charge in [-0.3, -0.25) is 0 Å². The predicted molar refractivity (Wildman–Crippen MR) is 89.0 cm³/mol. The van der Waals surface area contributed by atoms with Crippen molar-refractivity contribution in [3.8, 4) is 17.2 Å². The third-order valence-electron chi connectivity index (χ3n) is 4.75. The van der Waals surface area contributed by atoms with Gasteiger partial charge in [0.2, 0.25) is 12.5 Å². The first-order valence-corrected chi connectivity index (χ1v) is 8.00. The van der Waals surface area contributed by atoms with Crippen molar-refractivity contribution in [1.29, 1.82) is 0 Å². The lowest BCUT2D eigenvalue weighted by Crippen LogP contribution is -2.19. The Morgan fingerprint density at radius 3 is 2.92 bits per heavy atom. The van der Waals surface area contributed by atoms with Gasteiger partial charge in [0.15, 0.2) is 11.5 Å². The second-order valence-electron chi connectivity index (χ2n) is 6.07. The van der Waals surface area contributed by atoms with Crippen LogP contribution in [-0.4, -0.2) is 26.5 Å². The number of ether oxygens (including phenoxy) is 4. The molecule has 2 aromatic carbocycles. The molecule has 0 saturated carbocycles. The number of cyclic esters (lactones) is 1. The maximum absolute atomic E-state index is 12.4. The predicted octanol–water partition coefficient (Wildman–Crippen LogP) is 2.79. The molecule has 25 heavy (non-hydrogen) atoms. The molecule has 6 nitrogen and oxygen atoms in total. The van der Waals surface area contributed by atoms with E-state index in [0.717, 1.165) is 22.5 Å². The van der Waals surface area contributed by atoms with E-state index in [1.165, 1.54) is 0 Å². The second-order valence-corrected chi connectivity index (χ2v) is 6.07. The number of benzene rings is 2. The van der Waals surface area contributed by atoms with Crippen LogP contribution in [0.15, 0.2) is 47.7 Å². The quantitative estimate of drug-likeness (QED) is 0.850. The van der Waals surface area contributed by atoms with Gasteiger partial charge in [0.05, 0.1) is 18.4 Å². The summed E-state index contributed by atoms with van der Waals surface area (Å²) in [5.74, 6) is 1.27. The van der Waals surface area contributed by atoms with Crippen molar-refractivity contribution >= 4 is 11.7 Å². The molecular weight excluding hydrogens is 322 g/mol. The van der Waals surface area contributed by atoms with Crippen molar-refractivity contribution in [1.82, 2.24) is 0 Å². The summed E-state index contributed by atoms with van der Waals surface area (Å²) in [5.41, 5.74) is 4.34. The van der Waals surface area contributed by atoms with E-state index in [0.29, 0.717) is 22.8 Å². The fraction of sp³-hybridized carbons (Fsp3) is 0.211. The number of nitrogens with one attached hydrogen (secondary N) is 1. The lowest BCUT2D eigenvalue weighted by Gasteiger charge is -2.27. The Balaban J connectivity index is 1.73. The minimum atomic E-state index is -0.293. The Labute approximate surface area is 144 Å². The van der Waals surface area contributed by atoms with Crippen molar-refractivity contribution in [2.24, 2.45) is 0 Å². The molecule has 0 bridgehead atoms. The fourth-order valence-corrected chi connectivity index (χ4v) is 3.66. The van der Waals surface area contributed by atoms with Crippen LogP contribution in [0.25, 0.3) is 0 Å². The lowest BCUT2D eigenvalue weighted by molar-refractivity contribution is -0.136. The summed E-state index contributed by atoms with van der Waals surface area (Å²) in [6.45, 7) is 0.425. The van der Waals surface area contributed by atoms with E-state index in [-0.39, 0.29) is 25.3 Å². The molecule has 0 aliphatic carbocycles. The summed E-state index contributed by atoms with van der Waals surface area (Å²) in [5, 5.41) is 3.32. The molecule has 0 spiro atoms. The molecule has 3 heterocycles. The molecule has 1 N–H and O–H groups in total. The molecule has 3 aliphatic heterocycles. The smallest absolute Gasteiger partial charge is 0.337 e. The van der Waals surface area contributed by atoms with Crippen LogP contribution in [0, 0.1) is 0 Å². The molecule has 5 rings (SSSR count). The maximum atomic E-state index is 12.4. The first-order valence-electron chi connectivity index (χ1n) is 8.00. The van der Waals surface area contributed by atoms with E-state index in [1.54, 1.807) is 7.11 Å². The summed E-state index contributed by atoms with van der Waals surface area (Å²) in [6, 6.07) is 11.7. The Kier molecular flexibility index (Phi) is 2.94. The summed E-state index contributed by atoms with van der Waals surface area (Å²) in [6.07, 6.45) is 0. The summed E-state index contributed by atoms with van der Waals surface area (Å²) < 4.78 is 21.8. The van der Waals surface area contributed by atoms with Gasteiger partial charge < -0.3 is 24.3 Å². The number of hydrogen-bond donors (Lipinski definition) is 1. The number of carbonyl (C=O) groups is 1. The summed E-state index contributed by atoms with van der Waals surface area (Å²) >= 11 is 0. The SMILES string of the molecule is COc1cc(C2C3=C(COC3=O)Nc3ccccc32)cc2c1OCO2. The van der Waals surface area contributed by atoms with Crippen LogP contribution in [0.1, 0.15) is 17.0 Å². The van der Waals surface area contributed by atoms with Crippen LogP contribution in [0.5, 0.6) is 17.2 Å². The minimum Gasteiger partial charge on any atom is -0.493 e. The largest absolute Gasteiger partial charge is 0.493 e. The molecule has 2 aromatic rings. The van der Waals surface area contributed by atoms with Gasteiger partial charge in [-0.25, -0.2) is 4.79 Å². The third-order valence-corrected chi connectivity index (χ3v) is 4.75. The number of anilines is 1. The summed E-state index contributed by atoms with van der Waals surface area (Å²) in [4.78, 5) is 12.4. The van der Waals surface area contributed by atoms with Gasteiger partial charge in [0, 0.05) is 11.6 Å². The van der Waals surface area contributed by atoms with Gasteiger partial charge in [-0.2, -0.15) is 0 Å². The van der Waals surface area contributed by atoms with Crippen molar-refractivity contribution in [3.63, 3.8) is 0 Å². The zero-order valence-electron chi connectivity index (χ0n) is 13.5. The van der Waals surface area contributed by atoms with Gasteiger partial charge >= 0.3 is 5.97 Å². The first-order chi connectivity index (χ1) is 12.3. The van der Waals surface area contributed by atoms with E-state index in [4.69, 9.17) is 18.9 Å². The van der Waals surface area contributed by atoms with Crippen LogP contribution in [0.4, 0.5) is 5.69 Å². The normalized spacial score (nSPS) is 19.9. The number of rotatable bonds is 2. The molecular formula is C19H15NO5. The molecule has 0 amide bonds. The number of esters is 1. The van der Waals surface area contributed by atoms with Crippen molar-refractivity contribution in [3.05, 3.63) is 58.8 Å². The average molecular weight is 337 g/mol. The molecule has 3 aliphatic rings. The highest BCUT2D eigenvalue weighted by Gasteiger charge is 2.39. The van der Waals surface area contributed by atoms with Crippen LogP contribution in [0.2, 0.25) is 0 Å². The second kappa shape index (κ2) is 5.17. The number of para-hydroxylation sites is 1.